The molecular formula is C22H25N3O5S. The molecule has 1 N–H and O–H groups in total. The molecule has 2 amide bonds. The highest BCUT2D eigenvalue weighted by Crippen LogP contribution is 2.33. The number of hydrazone groups is 1. The average molecular weight is 444 g/mol. The summed E-state index contributed by atoms with van der Waals surface area (Å²) in [4.78, 5) is 24.2. The first kappa shape index (κ1) is 22.5. The maximum atomic E-state index is 12.7. The normalized spacial score (nSPS) is 15.9. The van der Waals surface area contributed by atoms with Gasteiger partial charge in [-0.25, -0.2) is 9.80 Å². The number of anilines is 1. The van der Waals surface area contributed by atoms with E-state index in [4.69, 9.17) is 9.47 Å². The molecule has 0 saturated heterocycles. The maximum absolute atomic E-state index is 12.7. The van der Waals surface area contributed by atoms with Crippen LogP contribution < -0.4 is 14.8 Å². The Morgan fingerprint density at radius 2 is 1.90 bits per heavy atom. The number of benzene rings is 2. The zero-order valence-electron chi connectivity index (χ0n) is 17.9. The molecule has 1 heterocycles. The Hall–Kier alpha value is -3.20. The molecule has 2 aromatic rings. The first-order valence-electron chi connectivity index (χ1n) is 9.72. The summed E-state index contributed by atoms with van der Waals surface area (Å²) in [7, 11) is 4.48. The van der Waals surface area contributed by atoms with Crippen LogP contribution >= 0.6 is 11.8 Å². The van der Waals surface area contributed by atoms with E-state index in [2.05, 4.69) is 15.2 Å². The van der Waals surface area contributed by atoms with E-state index in [1.54, 1.807) is 32.4 Å². The van der Waals surface area contributed by atoms with Gasteiger partial charge in [-0.3, -0.25) is 10.1 Å². The van der Waals surface area contributed by atoms with Crippen molar-refractivity contribution < 1.29 is 23.8 Å². The second kappa shape index (κ2) is 10.2. The Labute approximate surface area is 185 Å². The summed E-state index contributed by atoms with van der Waals surface area (Å²) in [6.45, 7) is 2.30. The number of hydrogen-bond donors (Lipinski definition) is 1. The lowest BCUT2D eigenvalue weighted by Gasteiger charge is -2.28. The molecule has 8 nitrogen and oxygen atoms in total. The standard InChI is InChI=1S/C22H25N3O5S/c1-5-19-20(15-9-10-17(28-2)18(12-15)29-3)24-25(22(27)31-19)13-14-7-6-8-16(11-14)23-21(26)30-4/h6-12,19H,5,13H2,1-4H3,(H,23,26). The lowest BCUT2D eigenvalue weighted by Crippen LogP contribution is -2.34. The number of amides is 2. The van der Waals surface area contributed by atoms with Gasteiger partial charge in [-0.2, -0.15) is 5.10 Å². The van der Waals surface area contributed by atoms with Gasteiger partial charge in [0.25, 0.3) is 0 Å². The van der Waals surface area contributed by atoms with Crippen molar-refractivity contribution in [3.8, 4) is 11.5 Å². The Morgan fingerprint density at radius 3 is 2.58 bits per heavy atom. The fraction of sp³-hybridized carbons (Fsp3) is 0.318. The number of nitrogens with zero attached hydrogens (tertiary/aromatic N) is 2. The number of ether oxygens (including phenoxy) is 3. The molecule has 0 bridgehead atoms. The van der Waals surface area contributed by atoms with Crippen molar-refractivity contribution in [2.45, 2.75) is 25.1 Å². The van der Waals surface area contributed by atoms with Crippen molar-refractivity contribution >= 4 is 34.5 Å². The second-order valence-corrected chi connectivity index (χ2v) is 7.86. The molecule has 2 aromatic carbocycles. The first-order chi connectivity index (χ1) is 15.0. The van der Waals surface area contributed by atoms with Gasteiger partial charge in [0, 0.05) is 11.3 Å². The summed E-state index contributed by atoms with van der Waals surface area (Å²) in [5, 5.41) is 8.57. The molecule has 0 spiro atoms. The molecule has 1 atom stereocenters. The molecule has 1 unspecified atom stereocenters. The van der Waals surface area contributed by atoms with Crippen molar-refractivity contribution in [2.75, 3.05) is 26.6 Å². The predicted molar refractivity (Wildman–Crippen MR) is 121 cm³/mol. The minimum absolute atomic E-state index is 0.0609. The maximum Gasteiger partial charge on any atom is 0.411 e. The largest absolute Gasteiger partial charge is 0.493 e. The molecule has 1 aliphatic heterocycles. The first-order valence-corrected chi connectivity index (χ1v) is 10.6. The van der Waals surface area contributed by atoms with E-state index < -0.39 is 6.09 Å². The van der Waals surface area contributed by atoms with Crippen LogP contribution in [0, 0.1) is 0 Å². The monoisotopic (exact) mass is 443 g/mol. The third kappa shape index (κ3) is 5.29. The second-order valence-electron chi connectivity index (χ2n) is 6.71. The van der Waals surface area contributed by atoms with E-state index in [1.165, 1.54) is 23.9 Å². The molecule has 0 aromatic heterocycles. The third-order valence-corrected chi connectivity index (χ3v) is 5.98. The van der Waals surface area contributed by atoms with Crippen LogP contribution in [0.2, 0.25) is 0 Å². The molecule has 9 heteroatoms. The van der Waals surface area contributed by atoms with Gasteiger partial charge in [0.15, 0.2) is 11.5 Å². The molecular weight excluding hydrogens is 418 g/mol. The van der Waals surface area contributed by atoms with Crippen LogP contribution in [0.3, 0.4) is 0 Å². The van der Waals surface area contributed by atoms with Gasteiger partial charge in [-0.05, 0) is 42.3 Å². The van der Waals surface area contributed by atoms with Crippen molar-refractivity contribution in [2.24, 2.45) is 5.10 Å². The van der Waals surface area contributed by atoms with Crippen LogP contribution in [0.4, 0.5) is 15.3 Å². The van der Waals surface area contributed by atoms with E-state index in [9.17, 15) is 9.59 Å². The summed E-state index contributed by atoms with van der Waals surface area (Å²) < 4.78 is 15.4. The van der Waals surface area contributed by atoms with Gasteiger partial charge in [0.1, 0.15) is 0 Å². The van der Waals surface area contributed by atoms with Crippen LogP contribution in [0.25, 0.3) is 0 Å². The minimum Gasteiger partial charge on any atom is -0.493 e. The molecule has 3 rings (SSSR count). The molecule has 1 aliphatic rings. The van der Waals surface area contributed by atoms with Gasteiger partial charge in [-0.1, -0.05) is 30.8 Å². The van der Waals surface area contributed by atoms with Gasteiger partial charge < -0.3 is 14.2 Å². The van der Waals surface area contributed by atoms with Crippen molar-refractivity contribution in [3.05, 3.63) is 53.6 Å². The summed E-state index contributed by atoms with van der Waals surface area (Å²) in [5.41, 5.74) is 3.08. The van der Waals surface area contributed by atoms with Crippen LogP contribution in [0.5, 0.6) is 11.5 Å². The number of rotatable bonds is 7. The Balaban J connectivity index is 1.90. The number of carbonyl (C=O) groups excluding carboxylic acids is 2. The number of nitrogens with one attached hydrogen (secondary N) is 1. The van der Waals surface area contributed by atoms with Gasteiger partial charge in [0.2, 0.25) is 0 Å². The summed E-state index contributed by atoms with van der Waals surface area (Å²) in [5.74, 6) is 1.24. The lowest BCUT2D eigenvalue weighted by atomic mass is 10.0. The lowest BCUT2D eigenvalue weighted by molar-refractivity contribution is 0.187. The summed E-state index contributed by atoms with van der Waals surface area (Å²) in [6, 6.07) is 12.8. The zero-order chi connectivity index (χ0) is 22.4. The van der Waals surface area contributed by atoms with E-state index in [0.29, 0.717) is 17.2 Å². The smallest absolute Gasteiger partial charge is 0.411 e. The molecule has 164 valence electrons. The Bertz CT molecular complexity index is 995. The van der Waals surface area contributed by atoms with Crippen LogP contribution in [0.15, 0.2) is 47.6 Å². The SMILES string of the molecule is CCC1SC(=O)N(Cc2cccc(NC(=O)OC)c2)N=C1c1ccc(OC)c(OC)c1. The number of carbonyl (C=O) groups is 2. The van der Waals surface area contributed by atoms with E-state index in [0.717, 1.165) is 23.3 Å². The fourth-order valence-corrected chi connectivity index (χ4v) is 4.11. The third-order valence-electron chi connectivity index (χ3n) is 4.73. The number of thioether (sulfide) groups is 1. The fourth-order valence-electron chi connectivity index (χ4n) is 3.18. The molecule has 0 aliphatic carbocycles. The van der Waals surface area contributed by atoms with Crippen molar-refractivity contribution in [1.82, 2.24) is 5.01 Å². The molecule has 0 saturated carbocycles. The summed E-state index contributed by atoms with van der Waals surface area (Å²) in [6.07, 6.45) is 0.206. The Morgan fingerprint density at radius 1 is 1.13 bits per heavy atom. The van der Waals surface area contributed by atoms with E-state index in [1.807, 2.05) is 31.2 Å². The van der Waals surface area contributed by atoms with Gasteiger partial charge in [0.05, 0.1) is 38.8 Å². The number of methoxy groups -OCH3 is 3. The quantitative estimate of drug-likeness (QED) is 0.665. The Kier molecular flexibility index (Phi) is 7.41. The topological polar surface area (TPSA) is 89.5 Å². The highest BCUT2D eigenvalue weighted by Gasteiger charge is 2.30. The van der Waals surface area contributed by atoms with Crippen LogP contribution in [-0.4, -0.2) is 48.6 Å². The average Bonchev–Trinajstić information content (AvgIpc) is 2.79. The minimum atomic E-state index is -0.554. The van der Waals surface area contributed by atoms with Gasteiger partial charge in [-0.15, -0.1) is 0 Å². The highest BCUT2D eigenvalue weighted by molar-refractivity contribution is 8.14. The van der Waals surface area contributed by atoms with E-state index in [-0.39, 0.29) is 17.0 Å². The molecule has 0 radical (unpaired) electrons. The van der Waals surface area contributed by atoms with Crippen LogP contribution in [-0.2, 0) is 11.3 Å². The molecule has 31 heavy (non-hydrogen) atoms. The zero-order valence-corrected chi connectivity index (χ0v) is 18.7. The van der Waals surface area contributed by atoms with Crippen LogP contribution in [0.1, 0.15) is 24.5 Å². The summed E-state index contributed by atoms with van der Waals surface area (Å²) >= 11 is 1.25. The number of hydrogen-bond acceptors (Lipinski definition) is 7. The van der Waals surface area contributed by atoms with Crippen molar-refractivity contribution in [1.29, 1.82) is 0 Å². The highest BCUT2D eigenvalue weighted by atomic mass is 32.2. The predicted octanol–water partition coefficient (Wildman–Crippen LogP) is 4.73. The molecule has 0 fully saturated rings. The van der Waals surface area contributed by atoms with E-state index >= 15 is 0 Å². The van der Waals surface area contributed by atoms with Gasteiger partial charge >= 0.3 is 11.3 Å². The van der Waals surface area contributed by atoms with Crippen molar-refractivity contribution in [3.63, 3.8) is 0 Å².